The number of rotatable bonds is 4. The average molecular weight is 443 g/mol. The number of nitrogens with zero attached hydrogens (tertiary/aromatic N) is 4. The molecule has 0 spiro atoms. The summed E-state index contributed by atoms with van der Waals surface area (Å²) in [5.74, 6) is -0.899. The molecule has 1 amide bonds. The first-order chi connectivity index (χ1) is 15.0. The molecule has 2 fully saturated rings. The molecule has 3 unspecified atom stereocenters. The monoisotopic (exact) mass is 442 g/mol. The number of carbonyl (C=O) groups is 1. The largest absolute Gasteiger partial charge is 0.472 e. The Bertz CT molecular complexity index is 1130. The van der Waals surface area contributed by atoms with E-state index >= 15 is 0 Å². The van der Waals surface area contributed by atoms with Crippen molar-refractivity contribution in [3.63, 3.8) is 0 Å². The predicted octanol–water partition coefficient (Wildman–Crippen LogP) is 4.15. The van der Waals surface area contributed by atoms with Crippen molar-refractivity contribution in [2.45, 2.75) is 25.0 Å². The summed E-state index contributed by atoms with van der Waals surface area (Å²) in [6.45, 7) is 0.567. The molecule has 1 aliphatic heterocycles. The van der Waals surface area contributed by atoms with Crippen LogP contribution in [0.4, 0.5) is 8.78 Å². The minimum atomic E-state index is -0.639. The zero-order chi connectivity index (χ0) is 21.5. The van der Waals surface area contributed by atoms with Gasteiger partial charge in [-0.25, -0.2) is 23.7 Å². The number of pyridine rings is 1. The van der Waals surface area contributed by atoms with Crippen LogP contribution in [0.25, 0.3) is 11.4 Å². The zero-order valence-electron chi connectivity index (χ0n) is 16.2. The van der Waals surface area contributed by atoms with Crippen LogP contribution in [0.1, 0.15) is 23.2 Å². The van der Waals surface area contributed by atoms with Crippen LogP contribution >= 0.6 is 11.6 Å². The third kappa shape index (κ3) is 3.72. The summed E-state index contributed by atoms with van der Waals surface area (Å²) in [5, 5.41) is 0.513. The van der Waals surface area contributed by atoms with Gasteiger partial charge >= 0.3 is 0 Å². The van der Waals surface area contributed by atoms with Crippen LogP contribution in [-0.2, 0) is 0 Å². The highest BCUT2D eigenvalue weighted by molar-refractivity contribution is 6.30. The van der Waals surface area contributed by atoms with Gasteiger partial charge in [-0.1, -0.05) is 17.7 Å². The molecule has 0 radical (unpaired) electrons. The standard InChI is InChI=1S/C22H17ClF2N4O2/c23-13-4-5-19(26-8-13)31-18-7-12-6-17(18)29(11-12)22(30)15-2-1-3-16(25)20(15)21-27-9-14(24)10-28-21/h1-5,8-10,12,17-18H,6-7,11H2. The molecule has 3 atom stereocenters. The second-order valence-corrected chi connectivity index (χ2v) is 8.16. The Balaban J connectivity index is 1.42. The number of amides is 1. The summed E-state index contributed by atoms with van der Waals surface area (Å²) < 4.78 is 33.9. The molecule has 158 valence electrons. The number of hydrogen-bond acceptors (Lipinski definition) is 5. The molecule has 5 rings (SSSR count). The first-order valence-corrected chi connectivity index (χ1v) is 10.2. The fourth-order valence-electron chi connectivity index (χ4n) is 4.44. The van der Waals surface area contributed by atoms with Gasteiger partial charge in [0.15, 0.2) is 11.6 Å². The van der Waals surface area contributed by atoms with Gasteiger partial charge in [0.2, 0.25) is 5.88 Å². The summed E-state index contributed by atoms with van der Waals surface area (Å²) in [4.78, 5) is 27.1. The van der Waals surface area contributed by atoms with Crippen molar-refractivity contribution >= 4 is 17.5 Å². The van der Waals surface area contributed by atoms with Crippen LogP contribution in [0, 0.1) is 17.6 Å². The van der Waals surface area contributed by atoms with Gasteiger partial charge in [0.25, 0.3) is 5.91 Å². The smallest absolute Gasteiger partial charge is 0.255 e. The zero-order valence-corrected chi connectivity index (χ0v) is 17.0. The van der Waals surface area contributed by atoms with Gasteiger partial charge in [0, 0.05) is 18.8 Å². The third-order valence-corrected chi connectivity index (χ3v) is 5.97. The molecule has 1 saturated heterocycles. The maximum absolute atomic E-state index is 14.7. The lowest BCUT2D eigenvalue weighted by Crippen LogP contribution is -2.47. The number of likely N-dealkylation sites (tertiary alicyclic amines) is 1. The number of benzene rings is 1. The molecule has 2 aliphatic rings. The second kappa shape index (κ2) is 7.85. The van der Waals surface area contributed by atoms with E-state index in [9.17, 15) is 13.6 Å². The number of hydrogen-bond donors (Lipinski definition) is 0. The van der Waals surface area contributed by atoms with E-state index in [0.29, 0.717) is 23.4 Å². The van der Waals surface area contributed by atoms with E-state index in [-0.39, 0.29) is 35.0 Å². The van der Waals surface area contributed by atoms with Gasteiger partial charge in [-0.3, -0.25) is 4.79 Å². The van der Waals surface area contributed by atoms with Crippen molar-refractivity contribution < 1.29 is 18.3 Å². The summed E-state index contributed by atoms with van der Waals surface area (Å²) in [6.07, 6.45) is 4.82. The lowest BCUT2D eigenvalue weighted by molar-refractivity contribution is 0.0467. The molecule has 31 heavy (non-hydrogen) atoms. The lowest BCUT2D eigenvalue weighted by atomic mass is 10.0. The highest BCUT2D eigenvalue weighted by atomic mass is 35.5. The Hall–Kier alpha value is -3.13. The van der Waals surface area contributed by atoms with Gasteiger partial charge in [-0.05, 0) is 37.0 Å². The Morgan fingerprint density at radius 3 is 2.58 bits per heavy atom. The van der Waals surface area contributed by atoms with Crippen molar-refractivity contribution in [2.75, 3.05) is 6.54 Å². The molecule has 9 heteroatoms. The average Bonchev–Trinajstić information content (AvgIpc) is 3.36. The molecule has 1 saturated carbocycles. The van der Waals surface area contributed by atoms with E-state index < -0.39 is 11.6 Å². The molecule has 1 aromatic carbocycles. The van der Waals surface area contributed by atoms with Crippen LogP contribution in [0.15, 0.2) is 48.9 Å². The number of carbonyl (C=O) groups excluding carboxylic acids is 1. The Labute approximate surface area is 181 Å². The topological polar surface area (TPSA) is 68.2 Å². The Kier molecular flexibility index (Phi) is 5.02. The van der Waals surface area contributed by atoms with E-state index in [2.05, 4.69) is 15.0 Å². The summed E-state index contributed by atoms with van der Waals surface area (Å²) in [5.41, 5.74) is 0.106. The summed E-state index contributed by atoms with van der Waals surface area (Å²) in [7, 11) is 0. The fourth-order valence-corrected chi connectivity index (χ4v) is 4.55. The highest BCUT2D eigenvalue weighted by Gasteiger charge is 2.48. The van der Waals surface area contributed by atoms with Gasteiger partial charge in [-0.15, -0.1) is 0 Å². The van der Waals surface area contributed by atoms with Crippen LogP contribution in [0.2, 0.25) is 5.02 Å². The number of fused-ring (bicyclic) bond motifs is 2. The fraction of sp³-hybridized carbons (Fsp3) is 0.273. The van der Waals surface area contributed by atoms with E-state index in [1.165, 1.54) is 24.4 Å². The lowest BCUT2D eigenvalue weighted by Gasteiger charge is -2.33. The van der Waals surface area contributed by atoms with Crippen molar-refractivity contribution in [1.82, 2.24) is 19.9 Å². The molecule has 3 aromatic rings. The van der Waals surface area contributed by atoms with Crippen LogP contribution in [0.5, 0.6) is 5.88 Å². The van der Waals surface area contributed by atoms with Gasteiger partial charge < -0.3 is 9.64 Å². The van der Waals surface area contributed by atoms with Crippen molar-refractivity contribution in [3.05, 3.63) is 71.1 Å². The first-order valence-electron chi connectivity index (χ1n) is 9.85. The van der Waals surface area contributed by atoms with Crippen LogP contribution < -0.4 is 4.74 Å². The predicted molar refractivity (Wildman–Crippen MR) is 109 cm³/mol. The normalized spacial score (nSPS) is 22.0. The van der Waals surface area contributed by atoms with Crippen LogP contribution in [0.3, 0.4) is 0 Å². The number of aromatic nitrogens is 3. The number of halogens is 3. The van der Waals surface area contributed by atoms with E-state index in [0.717, 1.165) is 25.2 Å². The van der Waals surface area contributed by atoms with E-state index in [1.54, 1.807) is 17.0 Å². The minimum absolute atomic E-state index is 0.0351. The van der Waals surface area contributed by atoms with E-state index in [1.807, 2.05) is 0 Å². The van der Waals surface area contributed by atoms with Crippen molar-refractivity contribution in [3.8, 4) is 17.3 Å². The highest BCUT2D eigenvalue weighted by Crippen LogP contribution is 2.41. The molecule has 3 heterocycles. The molecule has 2 aromatic heterocycles. The van der Waals surface area contributed by atoms with Crippen molar-refractivity contribution in [2.24, 2.45) is 5.92 Å². The minimum Gasteiger partial charge on any atom is -0.472 e. The maximum atomic E-state index is 14.7. The SMILES string of the molecule is O=C(c1cccc(F)c1-c1ncc(F)cn1)N1CC2CC(Oc3ccc(Cl)cn3)C1C2. The maximum Gasteiger partial charge on any atom is 0.255 e. The van der Waals surface area contributed by atoms with Crippen molar-refractivity contribution in [1.29, 1.82) is 0 Å². The molecule has 1 aliphatic carbocycles. The molecular weight excluding hydrogens is 426 g/mol. The molecular formula is C22H17ClF2N4O2. The summed E-state index contributed by atoms with van der Waals surface area (Å²) >= 11 is 5.88. The second-order valence-electron chi connectivity index (χ2n) is 7.72. The van der Waals surface area contributed by atoms with E-state index in [4.69, 9.17) is 16.3 Å². The van der Waals surface area contributed by atoms with Crippen LogP contribution in [-0.4, -0.2) is 44.4 Å². The van der Waals surface area contributed by atoms with Gasteiger partial charge in [0.05, 0.1) is 34.6 Å². The molecule has 0 N–H and O–H groups in total. The quantitative estimate of drug-likeness (QED) is 0.607. The number of piperidine rings is 1. The van der Waals surface area contributed by atoms with Gasteiger partial charge in [-0.2, -0.15) is 0 Å². The Morgan fingerprint density at radius 2 is 1.87 bits per heavy atom. The van der Waals surface area contributed by atoms with Gasteiger partial charge in [0.1, 0.15) is 11.9 Å². The summed E-state index contributed by atoms with van der Waals surface area (Å²) in [6, 6.07) is 7.47. The molecule has 6 nitrogen and oxygen atoms in total. The molecule has 2 bridgehead atoms. The Morgan fingerprint density at radius 1 is 1.06 bits per heavy atom. The first kappa shape index (κ1) is 19.8. The number of ether oxygens (including phenoxy) is 1. The third-order valence-electron chi connectivity index (χ3n) is 5.75.